The molecule has 1 heterocycles. The van der Waals surface area contributed by atoms with Crippen molar-refractivity contribution in [3.8, 4) is 5.75 Å². The van der Waals surface area contributed by atoms with Crippen molar-refractivity contribution >= 4 is 20.9 Å². The van der Waals surface area contributed by atoms with Gasteiger partial charge in [-0.15, -0.1) is 0 Å². The summed E-state index contributed by atoms with van der Waals surface area (Å²) < 4.78 is 32.7. The number of sulfonamides is 1. The molecule has 0 unspecified atom stereocenters. The van der Waals surface area contributed by atoms with E-state index in [1.165, 1.54) is 19.2 Å². The van der Waals surface area contributed by atoms with Crippen LogP contribution >= 0.6 is 0 Å². The second kappa shape index (κ2) is 6.93. The molecular formula is C19H20N2O4S. The van der Waals surface area contributed by atoms with E-state index in [9.17, 15) is 13.2 Å². The molecule has 0 saturated heterocycles. The summed E-state index contributed by atoms with van der Waals surface area (Å²) in [6.07, 6.45) is 0. The molecule has 0 bridgehead atoms. The van der Waals surface area contributed by atoms with Gasteiger partial charge in [-0.05, 0) is 60.7 Å². The Morgan fingerprint density at radius 2 is 1.85 bits per heavy atom. The molecule has 0 radical (unpaired) electrons. The summed E-state index contributed by atoms with van der Waals surface area (Å²) >= 11 is 0. The molecule has 1 aromatic heterocycles. The van der Waals surface area contributed by atoms with E-state index in [1.807, 2.05) is 25.1 Å². The third kappa shape index (κ3) is 3.63. The number of hydrogen-bond donors (Lipinski definition) is 2. The third-order valence-corrected chi connectivity index (χ3v) is 5.61. The zero-order valence-electron chi connectivity index (χ0n) is 14.8. The number of benzene rings is 2. The van der Waals surface area contributed by atoms with Gasteiger partial charge in [0.05, 0.1) is 12.0 Å². The van der Waals surface area contributed by atoms with E-state index in [0.29, 0.717) is 16.9 Å². The zero-order valence-corrected chi connectivity index (χ0v) is 15.6. The number of aromatic nitrogens is 1. The molecular weight excluding hydrogens is 352 g/mol. The molecule has 6 nitrogen and oxygen atoms in total. The van der Waals surface area contributed by atoms with Gasteiger partial charge in [0.15, 0.2) is 0 Å². The zero-order chi connectivity index (χ0) is 18.9. The summed E-state index contributed by atoms with van der Waals surface area (Å²) in [7, 11) is -2.21. The fourth-order valence-electron chi connectivity index (χ4n) is 2.77. The summed E-state index contributed by atoms with van der Waals surface area (Å²) in [5.74, 6) is 0.616. The van der Waals surface area contributed by atoms with E-state index in [4.69, 9.17) is 4.74 Å². The number of ether oxygens (including phenoxy) is 1. The predicted octanol–water partition coefficient (Wildman–Crippen LogP) is 2.63. The lowest BCUT2D eigenvalue weighted by molar-refractivity contribution is 0.411. The van der Waals surface area contributed by atoms with Gasteiger partial charge in [0, 0.05) is 17.6 Å². The third-order valence-electron chi connectivity index (χ3n) is 4.21. The molecule has 0 aliphatic heterocycles. The van der Waals surface area contributed by atoms with Gasteiger partial charge in [0.25, 0.3) is 5.56 Å². The Hall–Kier alpha value is -2.64. The van der Waals surface area contributed by atoms with Gasteiger partial charge >= 0.3 is 0 Å². The monoisotopic (exact) mass is 372 g/mol. The van der Waals surface area contributed by atoms with Gasteiger partial charge in [0.2, 0.25) is 10.0 Å². The van der Waals surface area contributed by atoms with Crippen molar-refractivity contribution in [2.45, 2.75) is 25.3 Å². The highest BCUT2D eigenvalue weighted by Crippen LogP contribution is 2.21. The van der Waals surface area contributed by atoms with Crippen molar-refractivity contribution in [1.82, 2.24) is 9.71 Å². The summed E-state index contributed by atoms with van der Waals surface area (Å²) in [6.45, 7) is 3.62. The molecule has 0 atom stereocenters. The highest BCUT2D eigenvalue weighted by atomic mass is 32.2. The van der Waals surface area contributed by atoms with Crippen LogP contribution in [0.1, 0.15) is 16.7 Å². The molecule has 7 heteroatoms. The van der Waals surface area contributed by atoms with Crippen LogP contribution in [0.4, 0.5) is 0 Å². The quantitative estimate of drug-likeness (QED) is 0.721. The molecule has 2 aromatic carbocycles. The molecule has 0 saturated carbocycles. The van der Waals surface area contributed by atoms with Gasteiger partial charge < -0.3 is 9.72 Å². The SMILES string of the molecule is COc1ccc(S(=O)(=O)NCc2cc3ccc(C)cc3[nH]c2=O)cc1C. The topological polar surface area (TPSA) is 88.3 Å². The van der Waals surface area contributed by atoms with Crippen molar-refractivity contribution in [2.24, 2.45) is 0 Å². The molecule has 2 N–H and O–H groups in total. The number of hydrogen-bond acceptors (Lipinski definition) is 4. The Bertz CT molecular complexity index is 1130. The number of H-pyrrole nitrogens is 1. The van der Waals surface area contributed by atoms with Gasteiger partial charge in [0.1, 0.15) is 5.75 Å². The molecule has 0 fully saturated rings. The Labute approximate surface area is 151 Å². The summed E-state index contributed by atoms with van der Waals surface area (Å²) in [4.78, 5) is 15.1. The maximum atomic E-state index is 12.5. The van der Waals surface area contributed by atoms with Gasteiger partial charge in [-0.25, -0.2) is 13.1 Å². The van der Waals surface area contributed by atoms with E-state index >= 15 is 0 Å². The fourth-order valence-corrected chi connectivity index (χ4v) is 3.86. The maximum absolute atomic E-state index is 12.5. The lowest BCUT2D eigenvalue weighted by atomic mass is 10.1. The first-order chi connectivity index (χ1) is 12.3. The lowest BCUT2D eigenvalue weighted by Crippen LogP contribution is -2.27. The largest absolute Gasteiger partial charge is 0.496 e. The molecule has 0 aliphatic carbocycles. The molecule has 26 heavy (non-hydrogen) atoms. The van der Waals surface area contributed by atoms with Crippen LogP contribution in [0.5, 0.6) is 5.75 Å². The van der Waals surface area contributed by atoms with E-state index in [1.54, 1.807) is 19.1 Å². The van der Waals surface area contributed by atoms with Crippen LogP contribution in [0, 0.1) is 13.8 Å². The molecule has 0 spiro atoms. The summed E-state index contributed by atoms with van der Waals surface area (Å²) in [5, 5.41) is 0.852. The van der Waals surface area contributed by atoms with Gasteiger partial charge in [-0.2, -0.15) is 0 Å². The first-order valence-corrected chi connectivity index (χ1v) is 9.55. The smallest absolute Gasteiger partial charge is 0.252 e. The average Bonchev–Trinajstić information content (AvgIpc) is 2.60. The van der Waals surface area contributed by atoms with E-state index in [2.05, 4.69) is 9.71 Å². The van der Waals surface area contributed by atoms with Crippen LogP contribution in [-0.2, 0) is 16.6 Å². The Kier molecular flexibility index (Phi) is 4.84. The fraction of sp³-hybridized carbons (Fsp3) is 0.211. The van der Waals surface area contributed by atoms with Crippen molar-refractivity contribution in [1.29, 1.82) is 0 Å². The van der Waals surface area contributed by atoms with Crippen molar-refractivity contribution < 1.29 is 13.2 Å². The lowest BCUT2D eigenvalue weighted by Gasteiger charge is -2.10. The number of methoxy groups -OCH3 is 1. The summed E-state index contributed by atoms with van der Waals surface area (Å²) in [6, 6.07) is 12.0. The van der Waals surface area contributed by atoms with Gasteiger partial charge in [-0.3, -0.25) is 4.79 Å². The Balaban J connectivity index is 1.87. The standard InChI is InChI=1S/C19H20N2O4S/c1-12-4-5-14-10-15(19(22)21-17(14)8-12)11-20-26(23,24)16-6-7-18(25-3)13(2)9-16/h4-10,20H,11H2,1-3H3,(H,21,22). The minimum atomic E-state index is -3.74. The highest BCUT2D eigenvalue weighted by Gasteiger charge is 2.16. The second-order valence-electron chi connectivity index (χ2n) is 6.17. The Morgan fingerprint density at radius 1 is 1.08 bits per heavy atom. The maximum Gasteiger partial charge on any atom is 0.252 e. The number of rotatable bonds is 5. The number of fused-ring (bicyclic) bond motifs is 1. The first-order valence-electron chi connectivity index (χ1n) is 8.07. The van der Waals surface area contributed by atoms with Crippen molar-refractivity contribution in [2.75, 3.05) is 7.11 Å². The molecule has 136 valence electrons. The van der Waals surface area contributed by atoms with Crippen LogP contribution in [0.25, 0.3) is 10.9 Å². The van der Waals surface area contributed by atoms with Crippen molar-refractivity contribution in [3.63, 3.8) is 0 Å². The molecule has 0 amide bonds. The molecule has 3 rings (SSSR count). The Morgan fingerprint density at radius 3 is 2.54 bits per heavy atom. The van der Waals surface area contributed by atoms with Crippen molar-refractivity contribution in [3.05, 3.63) is 69.5 Å². The second-order valence-corrected chi connectivity index (χ2v) is 7.94. The number of aromatic amines is 1. The summed E-state index contributed by atoms with van der Waals surface area (Å²) in [5.41, 5.74) is 2.53. The minimum Gasteiger partial charge on any atom is -0.496 e. The predicted molar refractivity (Wildman–Crippen MR) is 101 cm³/mol. The number of nitrogens with one attached hydrogen (secondary N) is 2. The number of pyridine rings is 1. The van der Waals surface area contributed by atoms with Crippen LogP contribution in [-0.4, -0.2) is 20.5 Å². The molecule has 3 aromatic rings. The van der Waals surface area contributed by atoms with Crippen LogP contribution in [0.15, 0.2) is 52.2 Å². The highest BCUT2D eigenvalue weighted by molar-refractivity contribution is 7.89. The molecule has 0 aliphatic rings. The van der Waals surface area contributed by atoms with Crippen LogP contribution < -0.4 is 15.0 Å². The first kappa shape index (κ1) is 18.2. The normalized spacial score (nSPS) is 11.7. The van der Waals surface area contributed by atoms with Gasteiger partial charge in [-0.1, -0.05) is 12.1 Å². The van der Waals surface area contributed by atoms with Crippen LogP contribution in [0.3, 0.4) is 0 Å². The van der Waals surface area contributed by atoms with E-state index < -0.39 is 10.0 Å². The number of aryl methyl sites for hydroxylation is 2. The minimum absolute atomic E-state index is 0.0907. The average molecular weight is 372 g/mol. The van der Waals surface area contributed by atoms with E-state index in [-0.39, 0.29) is 17.0 Å². The van der Waals surface area contributed by atoms with E-state index in [0.717, 1.165) is 16.5 Å². The van der Waals surface area contributed by atoms with Crippen LogP contribution in [0.2, 0.25) is 0 Å².